The van der Waals surface area contributed by atoms with E-state index in [0.29, 0.717) is 0 Å². The molecule has 0 aliphatic carbocycles. The fourth-order valence-corrected chi connectivity index (χ4v) is 2.64. The third-order valence-corrected chi connectivity index (χ3v) is 5.02. The van der Waals surface area contributed by atoms with Crippen LogP contribution < -0.4 is 0 Å². The summed E-state index contributed by atoms with van der Waals surface area (Å²) in [5.74, 6) is -32.7. The number of rotatable bonds is 12. The minimum Gasteiger partial charge on any atom is -0.462 e. The van der Waals surface area contributed by atoms with E-state index in [4.69, 9.17) is 0 Å². The van der Waals surface area contributed by atoms with Crippen molar-refractivity contribution in [3.05, 3.63) is 12.2 Å². The molecule has 0 aromatic carbocycles. The van der Waals surface area contributed by atoms with E-state index < -0.39 is 97.7 Å². The molecule has 26 heteroatoms. The van der Waals surface area contributed by atoms with Crippen LogP contribution in [0.4, 0.5) is 96.6 Å². The lowest BCUT2D eigenvalue weighted by Gasteiger charge is -2.39. The Bertz CT molecular complexity index is 937. The Labute approximate surface area is 226 Å². The smallest absolute Gasteiger partial charge is 0.438 e. The summed E-state index contributed by atoms with van der Waals surface area (Å²) in [5, 5.41) is 0. The minimum atomic E-state index is -7.82. The summed E-state index contributed by atoms with van der Waals surface area (Å²) in [4.78, 5) is 22.4. The van der Waals surface area contributed by atoms with E-state index in [0.717, 1.165) is 0 Å². The van der Waals surface area contributed by atoms with Gasteiger partial charge in [-0.2, -0.15) is 87.8 Å². The average Bonchev–Trinajstić information content (AvgIpc) is 2.77. The highest BCUT2D eigenvalue weighted by Crippen LogP contribution is 2.61. The molecule has 0 atom stereocenters. The summed E-state index contributed by atoms with van der Waals surface area (Å²) in [6, 6.07) is 0. The molecular weight excluding hydrogens is 698 g/mol. The van der Waals surface area contributed by atoms with Crippen molar-refractivity contribution in [3.63, 3.8) is 0 Å². The van der Waals surface area contributed by atoms with Crippen molar-refractivity contribution >= 4 is 11.9 Å². The lowest BCUT2D eigenvalue weighted by molar-refractivity contribution is -0.427. The molecule has 0 bridgehead atoms. The van der Waals surface area contributed by atoms with Crippen LogP contribution in [0.15, 0.2) is 12.2 Å². The van der Waals surface area contributed by atoms with Gasteiger partial charge in [0, 0.05) is 12.2 Å². The van der Waals surface area contributed by atoms with Crippen molar-refractivity contribution < 1.29 is 116 Å². The third kappa shape index (κ3) is 7.33. The monoisotopic (exact) mass is 708 g/mol. The highest BCUT2D eigenvalue weighted by molar-refractivity contribution is 5.91. The SMILES string of the molecule is O=C(/C=C\C(=O)OCCC(F)(F)C(F)(F)C(F)(C(F)(F)F)C(F)(F)F)OCCC(F)(F)C(F)(F)C(F)(C(F)(F)F)C(F)(F)F. The van der Waals surface area contributed by atoms with Crippen molar-refractivity contribution in [1.29, 1.82) is 0 Å². The summed E-state index contributed by atoms with van der Waals surface area (Å²) in [7, 11) is 0. The maximum atomic E-state index is 13.5. The first-order chi connectivity index (χ1) is 19.0. The van der Waals surface area contributed by atoms with E-state index >= 15 is 0 Å². The van der Waals surface area contributed by atoms with Gasteiger partial charge in [0.25, 0.3) is 0 Å². The van der Waals surface area contributed by atoms with E-state index in [1.807, 2.05) is 0 Å². The zero-order chi connectivity index (χ0) is 35.8. The summed E-state index contributed by atoms with van der Waals surface area (Å²) in [6.07, 6.45) is -37.3. The summed E-state index contributed by atoms with van der Waals surface area (Å²) in [5.41, 5.74) is -15.6. The minimum absolute atomic E-state index is 0.365. The fraction of sp³-hybridized carbons (Fsp3) is 0.778. The summed E-state index contributed by atoms with van der Waals surface area (Å²) < 4.78 is 291. The van der Waals surface area contributed by atoms with Crippen molar-refractivity contribution in [2.24, 2.45) is 0 Å². The van der Waals surface area contributed by atoms with Crippen LogP contribution in [0.25, 0.3) is 0 Å². The Balaban J connectivity index is 5.37. The van der Waals surface area contributed by atoms with Gasteiger partial charge in [-0.3, -0.25) is 0 Å². The third-order valence-electron chi connectivity index (χ3n) is 5.02. The Morgan fingerprint density at radius 3 is 0.795 bits per heavy atom. The quantitative estimate of drug-likeness (QED) is 0.119. The van der Waals surface area contributed by atoms with Gasteiger partial charge in [0.2, 0.25) is 0 Å². The van der Waals surface area contributed by atoms with Gasteiger partial charge >= 0.3 is 71.7 Å². The molecule has 0 aromatic heterocycles. The number of hydrogen-bond acceptors (Lipinski definition) is 4. The van der Waals surface area contributed by atoms with Gasteiger partial charge in [-0.25, -0.2) is 18.4 Å². The molecule has 0 spiro atoms. The number of carbonyl (C=O) groups is 2. The first kappa shape index (κ1) is 41.1. The molecule has 4 nitrogen and oxygen atoms in total. The predicted molar refractivity (Wildman–Crippen MR) is 92.0 cm³/mol. The summed E-state index contributed by atoms with van der Waals surface area (Å²) in [6.45, 7) is -4.48. The maximum absolute atomic E-state index is 13.5. The molecule has 0 heterocycles. The Morgan fingerprint density at radius 2 is 0.614 bits per heavy atom. The topological polar surface area (TPSA) is 52.6 Å². The normalized spacial score (nSPS) is 15.5. The molecule has 0 radical (unpaired) electrons. The standard InChI is InChI=1S/C18H10F22O4/c19-9(20,13(25,26)11(23,15(29,30)31)16(32,33)34)3-5-43-7(41)1-2-8(42)44-6-4-10(21,22)14(27,28)12(24,17(35,36)37)18(38,39)40/h1-2H,3-6H2/b2-1-. The molecular formula is C18H10F22O4. The molecule has 0 amide bonds. The van der Waals surface area contributed by atoms with Crippen LogP contribution in [-0.4, -0.2) is 84.9 Å². The second-order valence-electron chi connectivity index (χ2n) is 8.03. The van der Waals surface area contributed by atoms with Crippen LogP contribution in [0.2, 0.25) is 0 Å². The first-order valence-electron chi connectivity index (χ1n) is 10.2. The van der Waals surface area contributed by atoms with E-state index in [2.05, 4.69) is 9.47 Å². The van der Waals surface area contributed by atoms with Gasteiger partial charge in [-0.15, -0.1) is 0 Å². The van der Waals surface area contributed by atoms with E-state index in [1.165, 1.54) is 0 Å². The van der Waals surface area contributed by atoms with Crippen molar-refractivity contribution in [3.8, 4) is 0 Å². The van der Waals surface area contributed by atoms with Gasteiger partial charge in [0.1, 0.15) is 0 Å². The molecule has 0 aromatic rings. The lowest BCUT2D eigenvalue weighted by Crippen LogP contribution is -2.70. The van der Waals surface area contributed by atoms with Crippen LogP contribution in [0, 0.1) is 0 Å². The molecule has 0 saturated carbocycles. The lowest BCUT2D eigenvalue weighted by atomic mass is 9.89. The predicted octanol–water partition coefficient (Wildman–Crippen LogP) is 7.62. The highest BCUT2D eigenvalue weighted by atomic mass is 19.4. The molecule has 44 heavy (non-hydrogen) atoms. The second-order valence-corrected chi connectivity index (χ2v) is 8.03. The largest absolute Gasteiger partial charge is 0.462 e. The number of carbonyl (C=O) groups excluding carboxylic acids is 2. The molecule has 0 aliphatic rings. The van der Waals surface area contributed by atoms with E-state index in [-0.39, 0.29) is 12.2 Å². The zero-order valence-corrected chi connectivity index (χ0v) is 19.9. The average molecular weight is 708 g/mol. The van der Waals surface area contributed by atoms with Gasteiger partial charge in [0.05, 0.1) is 26.1 Å². The molecule has 0 unspecified atom stereocenters. The van der Waals surface area contributed by atoms with Crippen molar-refractivity contribution in [2.45, 2.75) is 72.6 Å². The van der Waals surface area contributed by atoms with Gasteiger partial charge < -0.3 is 9.47 Å². The highest BCUT2D eigenvalue weighted by Gasteiger charge is 2.91. The number of hydrogen-bond donors (Lipinski definition) is 0. The van der Waals surface area contributed by atoms with Gasteiger partial charge in [-0.05, 0) is 0 Å². The molecule has 0 N–H and O–H groups in total. The number of alkyl halides is 22. The van der Waals surface area contributed by atoms with Crippen LogP contribution in [0.3, 0.4) is 0 Å². The zero-order valence-electron chi connectivity index (χ0n) is 19.9. The van der Waals surface area contributed by atoms with Crippen LogP contribution in [-0.2, 0) is 19.1 Å². The first-order valence-corrected chi connectivity index (χ1v) is 10.2. The summed E-state index contributed by atoms with van der Waals surface area (Å²) >= 11 is 0. The van der Waals surface area contributed by atoms with Crippen LogP contribution in [0.1, 0.15) is 12.8 Å². The number of ether oxygens (including phenoxy) is 2. The second kappa shape index (κ2) is 12.2. The van der Waals surface area contributed by atoms with Crippen LogP contribution in [0.5, 0.6) is 0 Å². The molecule has 0 saturated heterocycles. The number of halogens is 22. The van der Waals surface area contributed by atoms with Crippen molar-refractivity contribution in [2.75, 3.05) is 13.2 Å². The molecule has 0 rings (SSSR count). The fourth-order valence-electron chi connectivity index (χ4n) is 2.64. The van der Waals surface area contributed by atoms with E-state index in [1.54, 1.807) is 0 Å². The maximum Gasteiger partial charge on any atom is 0.438 e. The number of esters is 2. The van der Waals surface area contributed by atoms with E-state index in [9.17, 15) is 106 Å². The Morgan fingerprint density at radius 1 is 0.409 bits per heavy atom. The molecule has 0 aliphatic heterocycles. The van der Waals surface area contributed by atoms with Crippen molar-refractivity contribution in [1.82, 2.24) is 0 Å². The molecule has 260 valence electrons. The molecule has 0 fully saturated rings. The van der Waals surface area contributed by atoms with Gasteiger partial charge in [-0.1, -0.05) is 0 Å². The Kier molecular flexibility index (Phi) is 11.4. The van der Waals surface area contributed by atoms with Crippen LogP contribution >= 0.6 is 0 Å². The van der Waals surface area contributed by atoms with Gasteiger partial charge in [0.15, 0.2) is 0 Å². The Hall–Kier alpha value is -2.86.